The first-order chi connectivity index (χ1) is 23.2. The maximum absolute atomic E-state index is 12.3. The molecule has 50 heavy (non-hydrogen) atoms. The van der Waals surface area contributed by atoms with E-state index >= 15 is 0 Å². The molecular formula is C38H45F3N4O4S. The Balaban J connectivity index is 0.000000753. The first-order valence-corrected chi connectivity index (χ1v) is 17.0. The van der Waals surface area contributed by atoms with Gasteiger partial charge < -0.3 is 24.7 Å². The van der Waals surface area contributed by atoms with Crippen LogP contribution in [0.2, 0.25) is 0 Å². The summed E-state index contributed by atoms with van der Waals surface area (Å²) in [4.78, 5) is 8.32. The fourth-order valence-electron chi connectivity index (χ4n) is 4.91. The summed E-state index contributed by atoms with van der Waals surface area (Å²) in [5.41, 5.74) is 2.51. The van der Waals surface area contributed by atoms with Crippen LogP contribution in [0.15, 0.2) is 115 Å². The van der Waals surface area contributed by atoms with Crippen LogP contribution in [0.1, 0.15) is 22.3 Å². The van der Waals surface area contributed by atoms with Crippen molar-refractivity contribution in [1.82, 2.24) is 0 Å². The van der Waals surface area contributed by atoms with Crippen LogP contribution >= 0.6 is 0 Å². The molecular weight excluding hydrogens is 666 g/mol. The lowest BCUT2D eigenvalue weighted by atomic mass is 9.85. The van der Waals surface area contributed by atoms with Crippen molar-refractivity contribution in [1.29, 1.82) is 0 Å². The van der Waals surface area contributed by atoms with Gasteiger partial charge in [0.25, 0.3) is 0 Å². The molecule has 2 N–H and O–H groups in total. The number of hydrogen-bond acceptors (Lipinski definition) is 7. The Bertz CT molecular complexity index is 1750. The number of rotatable bonds is 10. The molecule has 0 bridgehead atoms. The summed E-state index contributed by atoms with van der Waals surface area (Å²) in [5, 5.41) is 12.3. The zero-order chi connectivity index (χ0) is 37.4. The van der Waals surface area contributed by atoms with Crippen LogP contribution in [0.3, 0.4) is 0 Å². The number of hydrogen-bond donors (Lipinski definition) is 2. The predicted octanol–water partition coefficient (Wildman–Crippen LogP) is 7.27. The lowest BCUT2D eigenvalue weighted by Crippen LogP contribution is -2.25. The molecule has 0 saturated carbocycles. The summed E-state index contributed by atoms with van der Waals surface area (Å²) in [5.74, 6) is 0. The molecule has 0 spiro atoms. The maximum Gasteiger partial charge on any atom is 0.522 e. The van der Waals surface area contributed by atoms with E-state index in [1.165, 1.54) is 0 Å². The Morgan fingerprint density at radius 3 is 1.06 bits per heavy atom. The second-order valence-corrected chi connectivity index (χ2v) is 13.8. The average molecular weight is 711 g/mol. The van der Waals surface area contributed by atoms with Crippen molar-refractivity contribution in [3.8, 4) is 0 Å². The SMILES string of the molecule is CN(C)c1ccc(C(=CC=CC(O)(c2ccc(N(C)C)cc2)c2ccc(N(C)C)cc2)c2ccc(N(C)C)cc2)cc1.O=S(=O)(O)C(F)(F)F. The van der Waals surface area contributed by atoms with Gasteiger partial charge in [0, 0.05) is 79.1 Å². The quantitative estimate of drug-likeness (QED) is 0.101. The average Bonchev–Trinajstić information content (AvgIpc) is 3.06. The summed E-state index contributed by atoms with van der Waals surface area (Å²) in [6, 6.07) is 33.3. The highest BCUT2D eigenvalue weighted by molar-refractivity contribution is 7.86. The number of halogens is 3. The van der Waals surface area contributed by atoms with E-state index in [1.54, 1.807) is 0 Å². The second-order valence-electron chi connectivity index (χ2n) is 12.4. The molecule has 0 aliphatic carbocycles. The van der Waals surface area contributed by atoms with Gasteiger partial charge in [-0.3, -0.25) is 4.55 Å². The Labute approximate surface area is 293 Å². The zero-order valence-corrected chi connectivity index (χ0v) is 30.3. The van der Waals surface area contributed by atoms with Crippen molar-refractivity contribution < 1.29 is 31.2 Å². The van der Waals surface area contributed by atoms with E-state index in [4.69, 9.17) is 13.0 Å². The molecule has 0 atom stereocenters. The molecule has 268 valence electrons. The van der Waals surface area contributed by atoms with E-state index < -0.39 is 21.2 Å². The Morgan fingerprint density at radius 2 is 0.820 bits per heavy atom. The third-order valence-electron chi connectivity index (χ3n) is 7.93. The maximum atomic E-state index is 12.3. The van der Waals surface area contributed by atoms with Gasteiger partial charge in [0.2, 0.25) is 0 Å². The minimum absolute atomic E-state index is 0.808. The lowest BCUT2D eigenvalue weighted by Gasteiger charge is -2.27. The molecule has 0 heterocycles. The Kier molecular flexibility index (Phi) is 12.9. The number of alkyl halides is 3. The molecule has 0 aliphatic rings. The number of nitrogens with zero attached hydrogens (tertiary/aromatic N) is 4. The minimum Gasteiger partial charge on any atom is -0.378 e. The van der Waals surface area contributed by atoms with E-state index in [0.29, 0.717) is 0 Å². The van der Waals surface area contributed by atoms with Crippen molar-refractivity contribution in [2.75, 3.05) is 76.0 Å². The van der Waals surface area contributed by atoms with E-state index in [0.717, 1.165) is 50.6 Å². The van der Waals surface area contributed by atoms with Crippen LogP contribution < -0.4 is 19.6 Å². The van der Waals surface area contributed by atoms with Crippen LogP contribution in [0.5, 0.6) is 0 Å². The summed E-state index contributed by atoms with van der Waals surface area (Å²) in [6.45, 7) is 0. The van der Waals surface area contributed by atoms with Gasteiger partial charge in [-0.05, 0) is 82.4 Å². The zero-order valence-electron chi connectivity index (χ0n) is 29.5. The van der Waals surface area contributed by atoms with Gasteiger partial charge in [-0.1, -0.05) is 60.7 Å². The highest BCUT2D eigenvalue weighted by atomic mass is 32.2. The van der Waals surface area contributed by atoms with Crippen LogP contribution in [0.4, 0.5) is 35.9 Å². The monoisotopic (exact) mass is 710 g/mol. The van der Waals surface area contributed by atoms with E-state index in [2.05, 4.69) is 74.2 Å². The van der Waals surface area contributed by atoms with Crippen LogP contribution in [0, 0.1) is 0 Å². The molecule has 0 radical (unpaired) electrons. The summed E-state index contributed by atoms with van der Waals surface area (Å²) >= 11 is 0. The molecule has 0 amide bonds. The van der Waals surface area contributed by atoms with Gasteiger partial charge >= 0.3 is 15.6 Å². The highest BCUT2D eigenvalue weighted by Gasteiger charge is 2.44. The molecule has 12 heteroatoms. The van der Waals surface area contributed by atoms with Crippen molar-refractivity contribution in [2.24, 2.45) is 0 Å². The molecule has 8 nitrogen and oxygen atoms in total. The fraction of sp³-hybridized carbons (Fsp3) is 0.263. The summed E-state index contributed by atoms with van der Waals surface area (Å²) in [7, 11) is 10.4. The minimum atomic E-state index is -5.84. The fourth-order valence-corrected chi connectivity index (χ4v) is 4.91. The standard InChI is InChI=1S/C37H44N4O.CHF3O3S/c1-38(2)32-19-11-28(12-20-32)36(29-13-21-33(22-14-29)39(3)4)10-9-27-37(42,30-15-23-34(24-16-30)40(5)6)31-17-25-35(26-18-31)41(7)8;2-1(3,4)8(5,6)7/h9-27,42H,1-8H3;(H,5,6,7). The van der Waals surface area contributed by atoms with Gasteiger partial charge in [0.05, 0.1) is 0 Å². The molecule has 0 unspecified atom stereocenters. The number of aliphatic hydroxyl groups is 1. The summed E-state index contributed by atoms with van der Waals surface area (Å²) < 4.78 is 57.5. The van der Waals surface area contributed by atoms with Gasteiger partial charge in [-0.25, -0.2) is 0 Å². The van der Waals surface area contributed by atoms with Gasteiger partial charge in [-0.15, -0.1) is 0 Å². The van der Waals surface area contributed by atoms with Crippen molar-refractivity contribution in [3.05, 3.63) is 138 Å². The molecule has 4 aromatic carbocycles. The van der Waals surface area contributed by atoms with Gasteiger partial charge in [0.1, 0.15) is 5.60 Å². The molecule has 0 saturated heterocycles. The van der Waals surface area contributed by atoms with E-state index in [-0.39, 0.29) is 0 Å². The Morgan fingerprint density at radius 1 is 0.560 bits per heavy atom. The molecule has 0 aliphatic heterocycles. The normalized spacial score (nSPS) is 11.8. The van der Waals surface area contributed by atoms with Crippen molar-refractivity contribution in [3.63, 3.8) is 0 Å². The molecule has 0 fully saturated rings. The van der Waals surface area contributed by atoms with Crippen LogP contribution in [0.25, 0.3) is 5.57 Å². The number of anilines is 4. The van der Waals surface area contributed by atoms with Crippen molar-refractivity contribution >= 4 is 38.4 Å². The van der Waals surface area contributed by atoms with E-state index in [1.807, 2.05) is 117 Å². The molecule has 4 rings (SSSR count). The largest absolute Gasteiger partial charge is 0.522 e. The van der Waals surface area contributed by atoms with Crippen LogP contribution in [-0.2, 0) is 15.7 Å². The highest BCUT2D eigenvalue weighted by Crippen LogP contribution is 2.34. The smallest absolute Gasteiger partial charge is 0.378 e. The molecule has 0 aromatic heterocycles. The van der Waals surface area contributed by atoms with Crippen molar-refractivity contribution in [2.45, 2.75) is 11.1 Å². The summed E-state index contributed by atoms with van der Waals surface area (Å²) in [6.07, 6.45) is 5.97. The predicted molar refractivity (Wildman–Crippen MR) is 200 cm³/mol. The van der Waals surface area contributed by atoms with Gasteiger partial charge in [-0.2, -0.15) is 21.6 Å². The third-order valence-corrected chi connectivity index (χ3v) is 8.51. The van der Waals surface area contributed by atoms with Crippen LogP contribution in [-0.4, -0.2) is 80.0 Å². The topological polar surface area (TPSA) is 87.6 Å². The number of allylic oxidation sites excluding steroid dienone is 2. The first-order valence-electron chi connectivity index (χ1n) is 15.5. The Hall–Kier alpha value is -4.78. The number of benzene rings is 4. The lowest BCUT2D eigenvalue weighted by molar-refractivity contribution is -0.0510. The third kappa shape index (κ3) is 10.1. The van der Waals surface area contributed by atoms with E-state index in [9.17, 15) is 18.3 Å². The van der Waals surface area contributed by atoms with Gasteiger partial charge in [0.15, 0.2) is 0 Å². The first kappa shape index (κ1) is 39.7. The molecule has 4 aromatic rings. The second kappa shape index (κ2) is 16.3.